The summed E-state index contributed by atoms with van der Waals surface area (Å²) >= 11 is 0. The number of hydrogen-bond acceptors (Lipinski definition) is 7. The van der Waals surface area contributed by atoms with Gasteiger partial charge in [0.2, 0.25) is 5.91 Å². The van der Waals surface area contributed by atoms with Gasteiger partial charge >= 0.3 is 12.1 Å². The van der Waals surface area contributed by atoms with Crippen LogP contribution in [0.4, 0.5) is 4.79 Å². The SMILES string of the molecule is COC(=O)CN(CC1(C)OCCO1)C(=O)C(NC(=O)OC)C(C)C. The molecule has 1 heterocycles. The zero-order valence-electron chi connectivity index (χ0n) is 14.8. The Balaban J connectivity index is 2.94. The second kappa shape index (κ2) is 8.84. The zero-order valence-corrected chi connectivity index (χ0v) is 14.8. The van der Waals surface area contributed by atoms with Crippen LogP contribution in [0.15, 0.2) is 0 Å². The zero-order chi connectivity index (χ0) is 18.3. The number of carbonyl (C=O) groups is 3. The summed E-state index contributed by atoms with van der Waals surface area (Å²) in [5.74, 6) is -2.24. The first-order valence-corrected chi connectivity index (χ1v) is 7.70. The molecule has 1 fully saturated rings. The van der Waals surface area contributed by atoms with Crippen molar-refractivity contribution in [1.29, 1.82) is 0 Å². The lowest BCUT2D eigenvalue weighted by molar-refractivity contribution is -0.171. The van der Waals surface area contributed by atoms with E-state index in [4.69, 9.17) is 9.47 Å². The van der Waals surface area contributed by atoms with E-state index in [9.17, 15) is 14.4 Å². The van der Waals surface area contributed by atoms with Crippen LogP contribution in [0.3, 0.4) is 0 Å². The normalized spacial score (nSPS) is 17.2. The van der Waals surface area contributed by atoms with Gasteiger partial charge in [0, 0.05) is 0 Å². The Bertz CT molecular complexity index is 461. The summed E-state index contributed by atoms with van der Waals surface area (Å²) in [4.78, 5) is 37.3. The van der Waals surface area contributed by atoms with Gasteiger partial charge in [0.15, 0.2) is 5.79 Å². The first-order valence-electron chi connectivity index (χ1n) is 7.70. The molecular weight excluding hydrogens is 320 g/mol. The van der Waals surface area contributed by atoms with E-state index in [0.717, 1.165) is 0 Å². The lowest BCUT2D eigenvalue weighted by atomic mass is 10.0. The fraction of sp³-hybridized carbons (Fsp3) is 0.800. The molecule has 1 aliphatic rings. The summed E-state index contributed by atoms with van der Waals surface area (Å²) in [6.45, 7) is 5.82. The number of hydrogen-bond donors (Lipinski definition) is 1. The number of ether oxygens (including phenoxy) is 4. The van der Waals surface area contributed by atoms with E-state index in [1.807, 2.05) is 0 Å². The summed E-state index contributed by atoms with van der Waals surface area (Å²) in [6, 6.07) is -0.855. The molecule has 9 nitrogen and oxygen atoms in total. The standard InChI is InChI=1S/C15H26N2O7/c1-10(2)12(16-14(20)22-5)13(19)17(8-11(18)21-4)9-15(3)23-6-7-24-15/h10,12H,6-9H2,1-5H3,(H,16,20). The maximum Gasteiger partial charge on any atom is 0.407 e. The fourth-order valence-electron chi connectivity index (χ4n) is 2.32. The molecule has 24 heavy (non-hydrogen) atoms. The molecule has 0 aromatic heterocycles. The molecule has 9 heteroatoms. The van der Waals surface area contributed by atoms with Gasteiger partial charge in [-0.05, 0) is 12.8 Å². The predicted molar refractivity (Wildman–Crippen MR) is 83.1 cm³/mol. The Morgan fingerprint density at radius 2 is 1.75 bits per heavy atom. The van der Waals surface area contributed by atoms with Crippen LogP contribution >= 0.6 is 0 Å². The molecule has 2 amide bonds. The van der Waals surface area contributed by atoms with Crippen LogP contribution in [0.5, 0.6) is 0 Å². The highest BCUT2D eigenvalue weighted by atomic mass is 16.7. The van der Waals surface area contributed by atoms with Gasteiger partial charge in [-0.25, -0.2) is 4.79 Å². The molecule has 0 radical (unpaired) electrons. The van der Waals surface area contributed by atoms with Gasteiger partial charge in [0.25, 0.3) is 0 Å². The molecular formula is C15H26N2O7. The average Bonchev–Trinajstić information content (AvgIpc) is 2.96. The highest BCUT2D eigenvalue weighted by molar-refractivity contribution is 5.88. The second-order valence-corrected chi connectivity index (χ2v) is 5.96. The Morgan fingerprint density at radius 1 is 1.17 bits per heavy atom. The molecule has 1 atom stereocenters. The number of alkyl carbamates (subject to hydrolysis) is 1. The number of methoxy groups -OCH3 is 2. The topological polar surface area (TPSA) is 103 Å². The van der Waals surface area contributed by atoms with Crippen molar-refractivity contribution in [1.82, 2.24) is 10.2 Å². The van der Waals surface area contributed by atoms with Crippen molar-refractivity contribution in [3.8, 4) is 0 Å². The number of esters is 1. The van der Waals surface area contributed by atoms with E-state index >= 15 is 0 Å². The predicted octanol–water partition coefficient (Wildman–Crippen LogP) is 0.132. The van der Waals surface area contributed by atoms with Gasteiger partial charge in [-0.15, -0.1) is 0 Å². The fourth-order valence-corrected chi connectivity index (χ4v) is 2.32. The van der Waals surface area contributed by atoms with E-state index in [1.54, 1.807) is 20.8 Å². The van der Waals surface area contributed by atoms with Crippen molar-refractivity contribution in [2.75, 3.05) is 40.5 Å². The minimum absolute atomic E-state index is 0.0347. The van der Waals surface area contributed by atoms with Crippen LogP contribution in [-0.4, -0.2) is 75.2 Å². The first-order chi connectivity index (χ1) is 11.2. The summed E-state index contributed by atoms with van der Waals surface area (Å²) in [7, 11) is 2.45. The van der Waals surface area contributed by atoms with Crippen molar-refractivity contribution in [2.24, 2.45) is 5.92 Å². The lowest BCUT2D eigenvalue weighted by Crippen LogP contribution is -2.55. The van der Waals surface area contributed by atoms with Crippen molar-refractivity contribution < 1.29 is 33.3 Å². The Kier molecular flexibility index (Phi) is 7.43. The minimum Gasteiger partial charge on any atom is -0.468 e. The quantitative estimate of drug-likeness (QED) is 0.654. The monoisotopic (exact) mass is 346 g/mol. The van der Waals surface area contributed by atoms with E-state index in [2.05, 4.69) is 14.8 Å². The van der Waals surface area contributed by atoms with Crippen LogP contribution < -0.4 is 5.32 Å². The number of nitrogens with zero attached hydrogens (tertiary/aromatic N) is 1. The van der Waals surface area contributed by atoms with Gasteiger partial charge in [-0.2, -0.15) is 0 Å². The van der Waals surface area contributed by atoms with Crippen LogP contribution in [0, 0.1) is 5.92 Å². The third kappa shape index (κ3) is 5.64. The first kappa shape index (κ1) is 20.2. The molecule has 0 spiro atoms. The molecule has 138 valence electrons. The van der Waals surface area contributed by atoms with E-state index in [0.29, 0.717) is 13.2 Å². The summed E-state index contributed by atoms with van der Waals surface area (Å²) in [6.07, 6.45) is -0.723. The van der Waals surface area contributed by atoms with Crippen molar-refractivity contribution in [3.05, 3.63) is 0 Å². The van der Waals surface area contributed by atoms with Crippen LogP contribution in [0.25, 0.3) is 0 Å². The highest BCUT2D eigenvalue weighted by Gasteiger charge is 2.38. The Hall–Kier alpha value is -1.87. The number of rotatable bonds is 7. The minimum atomic E-state index is -1.00. The second-order valence-electron chi connectivity index (χ2n) is 5.96. The number of carbonyl (C=O) groups excluding carboxylic acids is 3. The van der Waals surface area contributed by atoms with Gasteiger partial charge in [0.1, 0.15) is 12.6 Å². The Morgan fingerprint density at radius 3 is 2.21 bits per heavy atom. The third-order valence-corrected chi connectivity index (χ3v) is 3.63. The molecule has 0 bridgehead atoms. The van der Waals surface area contributed by atoms with Gasteiger partial charge in [0.05, 0.1) is 34.0 Å². The summed E-state index contributed by atoms with van der Waals surface area (Å²) in [5.41, 5.74) is 0. The summed E-state index contributed by atoms with van der Waals surface area (Å²) in [5, 5.41) is 2.49. The van der Waals surface area contributed by atoms with Crippen LogP contribution in [0.2, 0.25) is 0 Å². The van der Waals surface area contributed by atoms with Crippen LogP contribution in [0.1, 0.15) is 20.8 Å². The van der Waals surface area contributed by atoms with Crippen molar-refractivity contribution in [3.63, 3.8) is 0 Å². The van der Waals surface area contributed by atoms with Gasteiger partial charge in [-0.3, -0.25) is 9.59 Å². The number of nitrogens with one attached hydrogen (secondary N) is 1. The molecule has 0 aliphatic carbocycles. The Labute approximate surface area is 141 Å². The molecule has 0 saturated carbocycles. The van der Waals surface area contributed by atoms with E-state index < -0.39 is 29.8 Å². The average molecular weight is 346 g/mol. The number of amides is 2. The molecule has 1 unspecified atom stereocenters. The van der Waals surface area contributed by atoms with E-state index in [1.165, 1.54) is 19.1 Å². The summed E-state index contributed by atoms with van der Waals surface area (Å²) < 4.78 is 20.2. The van der Waals surface area contributed by atoms with Crippen molar-refractivity contribution in [2.45, 2.75) is 32.6 Å². The maximum atomic E-state index is 12.9. The molecule has 1 N–H and O–H groups in total. The third-order valence-electron chi connectivity index (χ3n) is 3.63. The maximum absolute atomic E-state index is 12.9. The largest absolute Gasteiger partial charge is 0.468 e. The molecule has 1 rings (SSSR count). The van der Waals surface area contributed by atoms with Crippen LogP contribution in [-0.2, 0) is 28.5 Å². The van der Waals surface area contributed by atoms with Crippen molar-refractivity contribution >= 4 is 18.0 Å². The molecule has 0 aromatic rings. The highest BCUT2D eigenvalue weighted by Crippen LogP contribution is 2.21. The van der Waals surface area contributed by atoms with Gasteiger partial charge in [-0.1, -0.05) is 13.8 Å². The lowest BCUT2D eigenvalue weighted by Gasteiger charge is -2.33. The molecule has 1 saturated heterocycles. The van der Waals surface area contributed by atoms with E-state index in [-0.39, 0.29) is 19.0 Å². The smallest absolute Gasteiger partial charge is 0.407 e. The van der Waals surface area contributed by atoms with Gasteiger partial charge < -0.3 is 29.2 Å². The molecule has 1 aliphatic heterocycles. The molecule has 0 aromatic carbocycles.